The molecule has 7 nitrogen and oxygen atoms in total. The van der Waals surface area contributed by atoms with Crippen molar-refractivity contribution >= 4 is 22.0 Å². The number of benzene rings is 1. The summed E-state index contributed by atoms with van der Waals surface area (Å²) in [6.45, 7) is 3.11. The van der Waals surface area contributed by atoms with E-state index in [-0.39, 0.29) is 23.7 Å². The monoisotopic (exact) mass is 329 g/mol. The predicted molar refractivity (Wildman–Crippen MR) is 78.8 cm³/mol. The number of hydrogen-bond donors (Lipinski definition) is 0. The zero-order valence-corrected chi connectivity index (χ0v) is 13.6. The molecule has 0 aliphatic rings. The highest BCUT2D eigenvalue weighted by Gasteiger charge is 2.28. The van der Waals surface area contributed by atoms with Gasteiger partial charge in [0, 0.05) is 7.05 Å². The fraction of sp³-hybridized carbons (Fsp3) is 0.429. The third-order valence-corrected chi connectivity index (χ3v) is 4.59. The highest BCUT2D eigenvalue weighted by Crippen LogP contribution is 2.20. The van der Waals surface area contributed by atoms with Crippen LogP contribution in [0.25, 0.3) is 0 Å². The van der Waals surface area contributed by atoms with Crippen molar-refractivity contribution in [2.75, 3.05) is 26.8 Å². The Balaban J connectivity index is 3.12. The molecule has 1 aromatic rings. The van der Waals surface area contributed by atoms with Gasteiger partial charge in [-0.05, 0) is 26.0 Å². The normalized spacial score (nSPS) is 11.3. The molecule has 0 aliphatic heterocycles. The van der Waals surface area contributed by atoms with Crippen LogP contribution in [0.5, 0.6) is 0 Å². The number of esters is 2. The fourth-order valence-corrected chi connectivity index (χ4v) is 3.00. The molecule has 0 bridgehead atoms. The molecule has 0 aliphatic carbocycles. The van der Waals surface area contributed by atoms with Gasteiger partial charge in [0.05, 0.1) is 23.7 Å². The van der Waals surface area contributed by atoms with E-state index in [1.54, 1.807) is 13.8 Å². The molecule has 0 radical (unpaired) electrons. The first-order chi connectivity index (χ1) is 10.3. The van der Waals surface area contributed by atoms with Crippen molar-refractivity contribution in [1.82, 2.24) is 4.31 Å². The zero-order valence-electron chi connectivity index (χ0n) is 12.7. The molecule has 0 heterocycles. The number of sulfonamides is 1. The first-order valence-electron chi connectivity index (χ1n) is 6.72. The highest BCUT2D eigenvalue weighted by atomic mass is 32.2. The molecule has 1 aromatic carbocycles. The average molecular weight is 329 g/mol. The number of carbonyl (C=O) groups is 2. The van der Waals surface area contributed by atoms with Crippen LogP contribution < -0.4 is 0 Å². The third kappa shape index (κ3) is 4.28. The van der Waals surface area contributed by atoms with E-state index in [2.05, 4.69) is 0 Å². The Hall–Kier alpha value is -1.93. The van der Waals surface area contributed by atoms with Gasteiger partial charge >= 0.3 is 11.9 Å². The van der Waals surface area contributed by atoms with Gasteiger partial charge in [0.1, 0.15) is 6.54 Å². The van der Waals surface area contributed by atoms with Gasteiger partial charge in [-0.2, -0.15) is 4.31 Å². The van der Waals surface area contributed by atoms with Crippen molar-refractivity contribution in [2.24, 2.45) is 0 Å². The van der Waals surface area contributed by atoms with Crippen LogP contribution in [0.2, 0.25) is 0 Å². The van der Waals surface area contributed by atoms with Gasteiger partial charge < -0.3 is 9.47 Å². The summed E-state index contributed by atoms with van der Waals surface area (Å²) in [5, 5.41) is 0. The molecule has 0 atom stereocenters. The second kappa shape index (κ2) is 7.90. The second-order valence-electron chi connectivity index (χ2n) is 4.28. The quantitative estimate of drug-likeness (QED) is 0.695. The van der Waals surface area contributed by atoms with E-state index < -0.39 is 28.5 Å². The van der Waals surface area contributed by atoms with Gasteiger partial charge in [0.15, 0.2) is 0 Å². The Labute approximate surface area is 129 Å². The van der Waals surface area contributed by atoms with Gasteiger partial charge in [-0.1, -0.05) is 12.1 Å². The van der Waals surface area contributed by atoms with Crippen LogP contribution in [0.1, 0.15) is 24.2 Å². The topological polar surface area (TPSA) is 90.0 Å². The first kappa shape index (κ1) is 18.1. The summed E-state index contributed by atoms with van der Waals surface area (Å²) >= 11 is 0. The van der Waals surface area contributed by atoms with Gasteiger partial charge in [-0.15, -0.1) is 0 Å². The minimum absolute atomic E-state index is 0.0694. The molecule has 0 N–H and O–H groups in total. The van der Waals surface area contributed by atoms with Crippen LogP contribution >= 0.6 is 0 Å². The average Bonchev–Trinajstić information content (AvgIpc) is 2.47. The lowest BCUT2D eigenvalue weighted by Crippen LogP contribution is -2.34. The van der Waals surface area contributed by atoms with Crippen molar-refractivity contribution in [1.29, 1.82) is 0 Å². The molecule has 0 saturated carbocycles. The van der Waals surface area contributed by atoms with E-state index in [1.807, 2.05) is 0 Å². The van der Waals surface area contributed by atoms with Crippen LogP contribution in [-0.4, -0.2) is 51.5 Å². The summed E-state index contributed by atoms with van der Waals surface area (Å²) < 4.78 is 35.4. The van der Waals surface area contributed by atoms with Gasteiger partial charge in [0.2, 0.25) is 10.0 Å². The Morgan fingerprint density at radius 2 is 1.68 bits per heavy atom. The van der Waals surface area contributed by atoms with Crippen LogP contribution in [-0.2, 0) is 24.3 Å². The molecule has 1 rings (SSSR count). The predicted octanol–water partition coefficient (Wildman–Crippen LogP) is 1.05. The smallest absolute Gasteiger partial charge is 0.339 e. The third-order valence-electron chi connectivity index (χ3n) is 2.73. The fourth-order valence-electron chi connectivity index (χ4n) is 1.71. The maximum atomic E-state index is 12.5. The lowest BCUT2D eigenvalue weighted by Gasteiger charge is -2.18. The Kier molecular flexibility index (Phi) is 6.51. The molecule has 122 valence electrons. The van der Waals surface area contributed by atoms with E-state index in [1.165, 1.54) is 31.3 Å². The summed E-state index contributed by atoms with van der Waals surface area (Å²) in [6.07, 6.45) is 0. The molecular weight excluding hydrogens is 310 g/mol. The van der Waals surface area contributed by atoms with E-state index >= 15 is 0 Å². The molecular formula is C14H19NO6S. The Bertz CT molecular complexity index is 640. The molecule has 22 heavy (non-hydrogen) atoms. The Morgan fingerprint density at radius 1 is 1.09 bits per heavy atom. The van der Waals surface area contributed by atoms with Crippen LogP contribution in [0, 0.1) is 0 Å². The van der Waals surface area contributed by atoms with Gasteiger partial charge in [-0.3, -0.25) is 4.79 Å². The molecule has 0 fully saturated rings. The molecule has 8 heteroatoms. The van der Waals surface area contributed by atoms with Crippen molar-refractivity contribution in [3.8, 4) is 0 Å². The van der Waals surface area contributed by atoms with E-state index in [4.69, 9.17) is 9.47 Å². The maximum absolute atomic E-state index is 12.5. The maximum Gasteiger partial charge on any atom is 0.339 e. The largest absolute Gasteiger partial charge is 0.465 e. The summed E-state index contributed by atoms with van der Waals surface area (Å²) in [6, 6.07) is 5.69. The second-order valence-corrected chi connectivity index (χ2v) is 6.30. The number of ether oxygens (including phenoxy) is 2. The minimum atomic E-state index is -4.01. The summed E-state index contributed by atoms with van der Waals surface area (Å²) in [5.74, 6) is -1.39. The number of carbonyl (C=O) groups excluding carboxylic acids is 2. The van der Waals surface area contributed by atoms with Crippen molar-refractivity contribution < 1.29 is 27.5 Å². The van der Waals surface area contributed by atoms with E-state index in [0.717, 1.165) is 4.31 Å². The standard InChI is InChI=1S/C14H19NO6S/c1-4-20-13(16)10-15(3)22(18,19)12-9-7-6-8-11(12)14(17)21-5-2/h6-9H,4-5,10H2,1-3H3. The molecule has 0 unspecified atom stereocenters. The number of hydrogen-bond acceptors (Lipinski definition) is 6. The summed E-state index contributed by atoms with van der Waals surface area (Å²) in [5.41, 5.74) is -0.0694. The van der Waals surface area contributed by atoms with Crippen LogP contribution in [0.15, 0.2) is 29.2 Å². The van der Waals surface area contributed by atoms with Gasteiger partial charge in [0.25, 0.3) is 0 Å². The molecule has 0 saturated heterocycles. The Morgan fingerprint density at radius 3 is 2.27 bits per heavy atom. The van der Waals surface area contributed by atoms with Gasteiger partial charge in [-0.25, -0.2) is 13.2 Å². The minimum Gasteiger partial charge on any atom is -0.465 e. The van der Waals surface area contributed by atoms with Crippen LogP contribution in [0.4, 0.5) is 0 Å². The molecule has 0 amide bonds. The van der Waals surface area contributed by atoms with Crippen molar-refractivity contribution in [3.63, 3.8) is 0 Å². The highest BCUT2D eigenvalue weighted by molar-refractivity contribution is 7.89. The molecule has 0 spiro atoms. The lowest BCUT2D eigenvalue weighted by molar-refractivity contribution is -0.143. The molecule has 0 aromatic heterocycles. The lowest BCUT2D eigenvalue weighted by atomic mass is 10.2. The first-order valence-corrected chi connectivity index (χ1v) is 8.16. The van der Waals surface area contributed by atoms with E-state index in [9.17, 15) is 18.0 Å². The van der Waals surface area contributed by atoms with E-state index in [0.29, 0.717) is 0 Å². The van der Waals surface area contributed by atoms with Crippen LogP contribution in [0.3, 0.4) is 0 Å². The SMILES string of the molecule is CCOC(=O)CN(C)S(=O)(=O)c1ccccc1C(=O)OCC. The summed E-state index contributed by atoms with van der Waals surface area (Å²) in [4.78, 5) is 23.1. The zero-order chi connectivity index (χ0) is 16.8. The van der Waals surface area contributed by atoms with Crippen molar-refractivity contribution in [2.45, 2.75) is 18.7 Å². The number of rotatable bonds is 7. The number of likely N-dealkylation sites (N-methyl/N-ethyl adjacent to an activating group) is 1. The van der Waals surface area contributed by atoms with Crippen molar-refractivity contribution in [3.05, 3.63) is 29.8 Å². The summed E-state index contributed by atoms with van der Waals surface area (Å²) in [7, 11) is -2.77. The number of nitrogens with zero attached hydrogens (tertiary/aromatic N) is 1.